The molecule has 1 amide bonds. The van der Waals surface area contributed by atoms with E-state index in [1.54, 1.807) is 19.2 Å². The van der Waals surface area contributed by atoms with Crippen LogP contribution >= 0.6 is 11.6 Å². The molecule has 0 saturated heterocycles. The number of anilines is 2. The lowest BCUT2D eigenvalue weighted by molar-refractivity contribution is -0.114. The van der Waals surface area contributed by atoms with Gasteiger partial charge < -0.3 is 15.4 Å². The van der Waals surface area contributed by atoms with E-state index in [-0.39, 0.29) is 12.5 Å². The Bertz CT molecular complexity index is 686. The molecular weight excluding hydrogens is 300 g/mol. The van der Waals surface area contributed by atoms with E-state index in [9.17, 15) is 4.79 Å². The van der Waals surface area contributed by atoms with Crippen LogP contribution in [0.15, 0.2) is 36.4 Å². The highest BCUT2D eigenvalue weighted by Crippen LogP contribution is 2.27. The van der Waals surface area contributed by atoms with E-state index in [0.29, 0.717) is 10.8 Å². The van der Waals surface area contributed by atoms with E-state index in [1.165, 1.54) is 0 Å². The molecule has 5 heteroatoms. The standard InChI is InChI=1S/C17H19ClN2O2/c1-11-4-5-12(2)15(8-11)20-17(21)10-19-13-6-7-16(22-3)14(18)9-13/h4-9,19H,10H2,1-3H3,(H,20,21). The van der Waals surface area contributed by atoms with Crippen LogP contribution < -0.4 is 15.4 Å². The van der Waals surface area contributed by atoms with Gasteiger partial charge in [-0.3, -0.25) is 4.79 Å². The van der Waals surface area contributed by atoms with Crippen LogP contribution in [0.5, 0.6) is 5.75 Å². The van der Waals surface area contributed by atoms with Gasteiger partial charge in [0, 0.05) is 11.4 Å². The minimum atomic E-state index is -0.111. The van der Waals surface area contributed by atoms with Crippen LogP contribution in [-0.4, -0.2) is 19.6 Å². The van der Waals surface area contributed by atoms with Gasteiger partial charge in [-0.25, -0.2) is 0 Å². The van der Waals surface area contributed by atoms with E-state index in [2.05, 4.69) is 10.6 Å². The highest BCUT2D eigenvalue weighted by molar-refractivity contribution is 6.32. The smallest absolute Gasteiger partial charge is 0.243 e. The third kappa shape index (κ3) is 4.15. The molecule has 0 atom stereocenters. The van der Waals surface area contributed by atoms with Crippen molar-refractivity contribution in [3.63, 3.8) is 0 Å². The molecule has 0 fully saturated rings. The maximum Gasteiger partial charge on any atom is 0.243 e. The minimum absolute atomic E-state index is 0.111. The molecule has 0 aliphatic heterocycles. The fraction of sp³-hybridized carbons (Fsp3) is 0.235. The zero-order chi connectivity index (χ0) is 16.1. The lowest BCUT2D eigenvalue weighted by atomic mass is 10.1. The monoisotopic (exact) mass is 318 g/mol. The van der Waals surface area contributed by atoms with Crippen LogP contribution in [0.2, 0.25) is 5.02 Å². The van der Waals surface area contributed by atoms with Gasteiger partial charge in [0.05, 0.1) is 18.7 Å². The largest absolute Gasteiger partial charge is 0.495 e. The van der Waals surface area contributed by atoms with Crippen molar-refractivity contribution in [2.24, 2.45) is 0 Å². The molecule has 2 N–H and O–H groups in total. The van der Waals surface area contributed by atoms with Gasteiger partial charge in [0.2, 0.25) is 5.91 Å². The fourth-order valence-corrected chi connectivity index (χ4v) is 2.28. The molecule has 2 rings (SSSR count). The quantitative estimate of drug-likeness (QED) is 0.875. The Hall–Kier alpha value is -2.20. The Morgan fingerprint density at radius 2 is 1.95 bits per heavy atom. The molecule has 4 nitrogen and oxygen atoms in total. The zero-order valence-electron chi connectivity index (χ0n) is 12.9. The Morgan fingerprint density at radius 3 is 2.64 bits per heavy atom. The second-order valence-corrected chi connectivity index (χ2v) is 5.48. The minimum Gasteiger partial charge on any atom is -0.495 e. The van der Waals surface area contributed by atoms with E-state index < -0.39 is 0 Å². The number of nitrogens with one attached hydrogen (secondary N) is 2. The van der Waals surface area contributed by atoms with Gasteiger partial charge in [-0.1, -0.05) is 23.7 Å². The Kier molecular flexibility index (Phi) is 5.28. The molecule has 0 aromatic heterocycles. The lowest BCUT2D eigenvalue weighted by Gasteiger charge is -2.11. The zero-order valence-corrected chi connectivity index (χ0v) is 13.6. The van der Waals surface area contributed by atoms with E-state index in [4.69, 9.17) is 16.3 Å². The number of ether oxygens (including phenoxy) is 1. The summed E-state index contributed by atoms with van der Waals surface area (Å²) in [7, 11) is 1.56. The molecule has 0 spiro atoms. The second-order valence-electron chi connectivity index (χ2n) is 5.07. The number of carbonyl (C=O) groups excluding carboxylic acids is 1. The molecule has 0 saturated carbocycles. The normalized spacial score (nSPS) is 10.2. The van der Waals surface area contributed by atoms with Crippen molar-refractivity contribution in [1.29, 1.82) is 0 Å². The van der Waals surface area contributed by atoms with Crippen molar-refractivity contribution in [3.8, 4) is 5.75 Å². The number of benzene rings is 2. The van der Waals surface area contributed by atoms with Gasteiger partial charge in [-0.2, -0.15) is 0 Å². The first-order valence-electron chi connectivity index (χ1n) is 6.94. The molecule has 0 unspecified atom stereocenters. The summed E-state index contributed by atoms with van der Waals surface area (Å²) in [6.45, 7) is 4.12. The number of hydrogen-bond acceptors (Lipinski definition) is 3. The fourth-order valence-electron chi connectivity index (χ4n) is 2.02. The first-order valence-corrected chi connectivity index (χ1v) is 7.32. The topological polar surface area (TPSA) is 50.4 Å². The van der Waals surface area contributed by atoms with Crippen molar-refractivity contribution in [1.82, 2.24) is 0 Å². The number of halogens is 1. The molecule has 116 valence electrons. The summed E-state index contributed by atoms with van der Waals surface area (Å²) in [5.41, 5.74) is 3.74. The summed E-state index contributed by atoms with van der Waals surface area (Å²) in [5, 5.41) is 6.44. The average molecular weight is 319 g/mol. The molecule has 22 heavy (non-hydrogen) atoms. The van der Waals surface area contributed by atoms with Crippen LogP contribution in [0.4, 0.5) is 11.4 Å². The highest BCUT2D eigenvalue weighted by atomic mass is 35.5. The summed E-state index contributed by atoms with van der Waals surface area (Å²) in [4.78, 5) is 12.0. The molecule has 0 aliphatic carbocycles. The molecule has 0 radical (unpaired) electrons. The number of methoxy groups -OCH3 is 1. The number of carbonyl (C=O) groups is 1. The van der Waals surface area contributed by atoms with Crippen molar-refractivity contribution in [2.45, 2.75) is 13.8 Å². The number of hydrogen-bond donors (Lipinski definition) is 2. The summed E-state index contributed by atoms with van der Waals surface area (Å²) < 4.78 is 5.09. The summed E-state index contributed by atoms with van der Waals surface area (Å²) >= 11 is 6.05. The Morgan fingerprint density at radius 1 is 1.18 bits per heavy atom. The first-order chi connectivity index (χ1) is 10.5. The van der Waals surface area contributed by atoms with Crippen LogP contribution in [-0.2, 0) is 4.79 Å². The SMILES string of the molecule is COc1ccc(NCC(=O)Nc2cc(C)ccc2C)cc1Cl. The van der Waals surface area contributed by atoms with Crippen LogP contribution in [0.3, 0.4) is 0 Å². The van der Waals surface area contributed by atoms with Gasteiger partial charge in [-0.05, 0) is 49.2 Å². The van der Waals surface area contributed by atoms with E-state index in [1.807, 2.05) is 38.1 Å². The van der Waals surface area contributed by atoms with E-state index in [0.717, 1.165) is 22.5 Å². The van der Waals surface area contributed by atoms with Crippen molar-refractivity contribution < 1.29 is 9.53 Å². The maximum absolute atomic E-state index is 12.0. The summed E-state index contributed by atoms with van der Waals surface area (Å²) in [6.07, 6.45) is 0. The summed E-state index contributed by atoms with van der Waals surface area (Å²) in [5.74, 6) is 0.493. The molecule has 2 aromatic carbocycles. The number of rotatable bonds is 5. The molecule has 0 aliphatic rings. The van der Waals surface area contributed by atoms with Gasteiger partial charge >= 0.3 is 0 Å². The second kappa shape index (κ2) is 7.18. The predicted molar refractivity (Wildman–Crippen MR) is 91.0 cm³/mol. The molecule has 0 bridgehead atoms. The van der Waals surface area contributed by atoms with Gasteiger partial charge in [0.15, 0.2) is 0 Å². The Balaban J connectivity index is 1.95. The van der Waals surface area contributed by atoms with Gasteiger partial charge in [0.1, 0.15) is 5.75 Å². The number of aryl methyl sites for hydroxylation is 2. The maximum atomic E-state index is 12.0. The van der Waals surface area contributed by atoms with Crippen molar-refractivity contribution >= 4 is 28.9 Å². The molecular formula is C17H19ClN2O2. The van der Waals surface area contributed by atoms with Gasteiger partial charge in [0.25, 0.3) is 0 Å². The molecule has 2 aromatic rings. The predicted octanol–water partition coefficient (Wildman–Crippen LogP) is 4.02. The third-order valence-corrected chi connectivity index (χ3v) is 3.57. The average Bonchev–Trinajstić information content (AvgIpc) is 2.49. The van der Waals surface area contributed by atoms with Crippen LogP contribution in [0.25, 0.3) is 0 Å². The highest BCUT2D eigenvalue weighted by Gasteiger charge is 2.06. The lowest BCUT2D eigenvalue weighted by Crippen LogP contribution is -2.22. The Labute approximate surface area is 135 Å². The third-order valence-electron chi connectivity index (χ3n) is 3.27. The van der Waals surface area contributed by atoms with Crippen molar-refractivity contribution in [3.05, 3.63) is 52.5 Å². The number of amides is 1. The van der Waals surface area contributed by atoms with Crippen LogP contribution in [0, 0.1) is 13.8 Å². The summed E-state index contributed by atoms with van der Waals surface area (Å²) in [6, 6.07) is 11.3. The molecule has 0 heterocycles. The van der Waals surface area contributed by atoms with E-state index >= 15 is 0 Å². The van der Waals surface area contributed by atoms with Crippen molar-refractivity contribution in [2.75, 3.05) is 24.3 Å². The van der Waals surface area contributed by atoms with Gasteiger partial charge in [-0.15, -0.1) is 0 Å². The van der Waals surface area contributed by atoms with Crippen LogP contribution in [0.1, 0.15) is 11.1 Å². The first kappa shape index (κ1) is 16.2.